The number of fused-ring (bicyclic) bond motifs is 2. The molecule has 4 N–H and O–H groups in total. The minimum absolute atomic E-state index is 0.0299. The van der Waals surface area contributed by atoms with E-state index in [9.17, 15) is 32.5 Å². The molecule has 2 heterocycles. The molecule has 2 aromatic carbocycles. The molecule has 15 heteroatoms. The van der Waals surface area contributed by atoms with Crippen molar-refractivity contribution in [3.05, 3.63) is 101 Å². The molecular formula is C47H65N4O10S+. The highest BCUT2D eigenvalue weighted by Crippen LogP contribution is 2.51. The molecule has 0 fully saturated rings. The van der Waals surface area contributed by atoms with Crippen molar-refractivity contribution >= 4 is 45.0 Å². The minimum Gasteiger partial charge on any atom is -0.481 e. The van der Waals surface area contributed by atoms with Crippen molar-refractivity contribution in [1.29, 1.82) is 0 Å². The summed E-state index contributed by atoms with van der Waals surface area (Å²) in [4.78, 5) is 39.0. The van der Waals surface area contributed by atoms with Gasteiger partial charge in [0.25, 0.3) is 10.1 Å². The van der Waals surface area contributed by atoms with Gasteiger partial charge < -0.3 is 34.9 Å². The third-order valence-corrected chi connectivity index (χ3v) is 12.5. The first-order valence-corrected chi connectivity index (χ1v) is 22.6. The maximum absolute atomic E-state index is 13.0. The fraction of sp³-hybridized carbons (Fsp3) is 0.489. The largest absolute Gasteiger partial charge is 0.481 e. The Bertz CT molecular complexity index is 2160. The molecule has 0 saturated heterocycles. The number of nitrogens with zero attached hydrogens (tertiary/aromatic N) is 2. The number of ether oxygens (including phenoxy) is 3. The van der Waals surface area contributed by atoms with Gasteiger partial charge in [-0.15, -0.1) is 0 Å². The molecule has 338 valence electrons. The van der Waals surface area contributed by atoms with E-state index in [-0.39, 0.29) is 29.6 Å². The van der Waals surface area contributed by atoms with Crippen LogP contribution in [-0.4, -0.2) is 113 Å². The lowest BCUT2D eigenvalue weighted by Gasteiger charge is -2.30. The third kappa shape index (κ3) is 13.1. The number of allylic oxidation sites excluding steroid dienone is 8. The Morgan fingerprint density at radius 1 is 0.774 bits per heavy atom. The van der Waals surface area contributed by atoms with Gasteiger partial charge in [0.05, 0.1) is 30.1 Å². The first-order chi connectivity index (χ1) is 29.6. The van der Waals surface area contributed by atoms with E-state index in [1.807, 2.05) is 43.4 Å². The van der Waals surface area contributed by atoms with Gasteiger partial charge in [-0.1, -0.05) is 48.1 Å². The van der Waals surface area contributed by atoms with Crippen LogP contribution in [0.2, 0.25) is 0 Å². The maximum atomic E-state index is 13.0. The van der Waals surface area contributed by atoms with E-state index in [0.29, 0.717) is 90.1 Å². The summed E-state index contributed by atoms with van der Waals surface area (Å²) < 4.78 is 52.4. The molecule has 14 nitrogen and oxygen atoms in total. The van der Waals surface area contributed by atoms with Gasteiger partial charge in [0, 0.05) is 101 Å². The molecule has 2 atom stereocenters. The van der Waals surface area contributed by atoms with E-state index in [4.69, 9.17) is 14.2 Å². The number of hydrogen-bond donors (Lipinski definition) is 4. The summed E-state index contributed by atoms with van der Waals surface area (Å²) in [7, 11) is 0.325. The maximum Gasteiger partial charge on any atom is 0.303 e. The van der Waals surface area contributed by atoms with Crippen LogP contribution in [0.4, 0.5) is 11.4 Å². The van der Waals surface area contributed by atoms with E-state index in [1.54, 1.807) is 27.4 Å². The summed E-state index contributed by atoms with van der Waals surface area (Å²) in [6, 6.07) is 11.0. The van der Waals surface area contributed by atoms with Crippen molar-refractivity contribution in [1.82, 2.24) is 10.6 Å². The van der Waals surface area contributed by atoms with Gasteiger partial charge in [-0.3, -0.25) is 18.9 Å². The number of carboxylic acid groups (broad SMARTS) is 1. The number of unbranched alkanes of at least 4 members (excludes halogenated alkanes) is 2. The average molecular weight is 878 g/mol. The third-order valence-electron chi connectivity index (χ3n) is 11.6. The Hall–Kier alpha value is -4.93. The second-order valence-corrected chi connectivity index (χ2v) is 17.5. The molecule has 62 heavy (non-hydrogen) atoms. The van der Waals surface area contributed by atoms with Crippen molar-refractivity contribution in [2.45, 2.75) is 87.9 Å². The zero-order valence-corrected chi connectivity index (χ0v) is 37.9. The fourth-order valence-electron chi connectivity index (χ4n) is 8.25. The molecule has 2 unspecified atom stereocenters. The lowest BCUT2D eigenvalue weighted by atomic mass is 9.75. The molecule has 0 bridgehead atoms. The second kappa shape index (κ2) is 23.5. The van der Waals surface area contributed by atoms with E-state index in [1.165, 1.54) is 12.1 Å². The predicted molar refractivity (Wildman–Crippen MR) is 241 cm³/mol. The molecule has 2 amide bonds. The quantitative estimate of drug-likeness (QED) is 0.0360. The van der Waals surface area contributed by atoms with Crippen LogP contribution < -0.4 is 15.5 Å². The van der Waals surface area contributed by atoms with Crippen molar-refractivity contribution in [3.8, 4) is 0 Å². The van der Waals surface area contributed by atoms with Gasteiger partial charge in [0.1, 0.15) is 6.54 Å². The smallest absolute Gasteiger partial charge is 0.303 e. The number of carbonyl (C=O) groups is 3. The number of nitrogens with one attached hydrogen (secondary N) is 2. The number of carboxylic acids is 1. The average Bonchev–Trinajstić information content (AvgIpc) is 3.60. The van der Waals surface area contributed by atoms with Crippen LogP contribution in [0.3, 0.4) is 0 Å². The number of amides is 2. The number of aliphatic carboxylic acids is 1. The van der Waals surface area contributed by atoms with Gasteiger partial charge in [0.2, 0.25) is 17.5 Å². The van der Waals surface area contributed by atoms with Gasteiger partial charge in [-0.05, 0) is 76.3 Å². The molecular weight excluding hydrogens is 813 g/mol. The van der Waals surface area contributed by atoms with Crippen LogP contribution in [0.5, 0.6) is 0 Å². The normalized spacial score (nSPS) is 19.3. The van der Waals surface area contributed by atoms with Crippen molar-refractivity contribution in [3.63, 3.8) is 0 Å². The van der Waals surface area contributed by atoms with Crippen molar-refractivity contribution in [2.24, 2.45) is 0 Å². The first-order valence-electron chi connectivity index (χ1n) is 21.2. The predicted octanol–water partition coefficient (Wildman–Crippen LogP) is 6.31. The Kier molecular flexibility index (Phi) is 18.8. The summed E-state index contributed by atoms with van der Waals surface area (Å²) in [6.45, 7) is 9.53. The summed E-state index contributed by atoms with van der Waals surface area (Å²) in [5, 5.41) is 15.0. The zero-order chi connectivity index (χ0) is 45.3. The van der Waals surface area contributed by atoms with Crippen molar-refractivity contribution in [2.75, 3.05) is 72.2 Å². The number of hydrogen-bond acceptors (Lipinski definition) is 9. The Morgan fingerprint density at radius 2 is 1.40 bits per heavy atom. The van der Waals surface area contributed by atoms with Gasteiger partial charge in [-0.2, -0.15) is 13.0 Å². The van der Waals surface area contributed by atoms with Crippen LogP contribution in [-0.2, 0) is 49.5 Å². The zero-order valence-electron chi connectivity index (χ0n) is 37.1. The lowest BCUT2D eigenvalue weighted by molar-refractivity contribution is -0.438. The van der Waals surface area contributed by atoms with E-state index < -0.39 is 26.9 Å². The molecule has 0 saturated carbocycles. The van der Waals surface area contributed by atoms with E-state index in [0.717, 1.165) is 33.9 Å². The molecule has 2 aromatic rings. The number of anilines is 1. The Morgan fingerprint density at radius 3 is 2.03 bits per heavy atom. The Labute approximate surface area is 367 Å². The minimum atomic E-state index is -4.52. The van der Waals surface area contributed by atoms with Crippen LogP contribution in [0.1, 0.15) is 81.9 Å². The number of benzene rings is 2. The summed E-state index contributed by atoms with van der Waals surface area (Å²) in [5.74, 6) is -1.05. The highest BCUT2D eigenvalue weighted by Gasteiger charge is 2.48. The van der Waals surface area contributed by atoms with E-state index >= 15 is 0 Å². The lowest BCUT2D eigenvalue weighted by Crippen LogP contribution is -2.34. The first kappa shape index (κ1) is 49.7. The molecule has 4 rings (SSSR count). The SMILES string of the molecule is COCCNC(=O)CCC1(C)C(/C=C/C=C/C=C/C=C2/N(CCOC)c3ccc(C)cc3C2(C)CCC(=O)NCCOC)=[N+](CCCCCC(=O)O)c2ccc(S(=O)(=O)O)cc21. The molecule has 0 radical (unpaired) electrons. The monoisotopic (exact) mass is 877 g/mol. The van der Waals surface area contributed by atoms with Crippen molar-refractivity contribution < 1.29 is 51.2 Å². The van der Waals surface area contributed by atoms with Crippen LogP contribution in [0, 0.1) is 6.92 Å². The fourth-order valence-corrected chi connectivity index (χ4v) is 8.75. The van der Waals surface area contributed by atoms with Gasteiger partial charge in [0.15, 0.2) is 5.71 Å². The molecule has 2 aliphatic heterocycles. The summed E-state index contributed by atoms with van der Waals surface area (Å²) >= 11 is 0. The Balaban J connectivity index is 1.68. The van der Waals surface area contributed by atoms with Crippen LogP contribution >= 0.6 is 0 Å². The second-order valence-electron chi connectivity index (χ2n) is 16.1. The molecule has 0 aliphatic carbocycles. The highest BCUT2D eigenvalue weighted by atomic mass is 32.2. The van der Waals surface area contributed by atoms with Crippen LogP contribution in [0.25, 0.3) is 0 Å². The molecule has 0 aromatic heterocycles. The summed E-state index contributed by atoms with van der Waals surface area (Å²) in [5.41, 5.74) is 5.44. The number of aryl methyl sites for hydroxylation is 1. The number of methoxy groups -OCH3 is 3. The standard InChI is InChI=1S/C47H64N4O10S/c1-35-18-20-39-37(33-35)46(2,24-22-43(52)48-26-30-59-4)42(51(39)29-32-61-6)16-12-9-7-8-11-15-41-47(3,25-23-44(53)49-27-31-60-5)38-34-36(62(56,57)58)19-21-40(38)50(41)28-14-10-13-17-45(54)55/h7-9,11-12,15-16,18-21,33-34H,10,13-14,17,22-32H2,1-6H3,(H3-,48,49,52,53,54,55,56,57,58)/p+1. The molecule has 0 spiro atoms. The van der Waals surface area contributed by atoms with E-state index in [2.05, 4.69) is 58.2 Å². The number of carbonyl (C=O) groups excluding carboxylic acids is 2. The molecule has 2 aliphatic rings. The van der Waals surface area contributed by atoms with Crippen LogP contribution in [0.15, 0.2) is 89.5 Å². The van der Waals surface area contributed by atoms with Gasteiger partial charge >= 0.3 is 5.97 Å². The van der Waals surface area contributed by atoms with Gasteiger partial charge in [-0.25, -0.2) is 0 Å². The summed E-state index contributed by atoms with van der Waals surface area (Å²) in [6.07, 6.45) is 17.1. The topological polar surface area (TPSA) is 184 Å². The highest BCUT2D eigenvalue weighted by molar-refractivity contribution is 7.85. The number of rotatable bonds is 26.